The van der Waals surface area contributed by atoms with E-state index in [1.807, 2.05) is 0 Å². The Morgan fingerprint density at radius 1 is 1.30 bits per heavy atom. The van der Waals surface area contributed by atoms with E-state index in [-0.39, 0.29) is 11.1 Å². The lowest BCUT2D eigenvalue weighted by atomic mass is 9.98. The van der Waals surface area contributed by atoms with Crippen LogP contribution < -0.4 is 5.76 Å². The molecule has 1 atom stereocenters. The zero-order valence-corrected chi connectivity index (χ0v) is 11.8. The summed E-state index contributed by atoms with van der Waals surface area (Å²) < 4.78 is 44.7. The smallest absolute Gasteiger partial charge is 0.408 e. The summed E-state index contributed by atoms with van der Waals surface area (Å²) in [4.78, 5) is 15.3. The maximum absolute atomic E-state index is 12.8. The van der Waals surface area contributed by atoms with Crippen LogP contribution in [0.15, 0.2) is 45.9 Å². The fourth-order valence-corrected chi connectivity index (χ4v) is 2.36. The Balaban J connectivity index is 2.19. The number of hydrogen-bond acceptors (Lipinski definition) is 4. The number of aliphatic hydroxyl groups excluding tert-OH is 1. The van der Waals surface area contributed by atoms with Crippen LogP contribution in [0.2, 0.25) is 0 Å². The van der Waals surface area contributed by atoms with Crippen molar-refractivity contribution < 1.29 is 22.7 Å². The summed E-state index contributed by atoms with van der Waals surface area (Å²) in [5.41, 5.74) is 0.973. The Morgan fingerprint density at radius 3 is 2.74 bits per heavy atom. The number of alkyl halides is 3. The molecule has 0 saturated carbocycles. The standard InChI is InChI=1S/C15H11F3N2O3/c1-20-11-6-8(2-3-12(11)23-14(20)22)10-7-19-5-4-9(10)13(21)15(16,17)18/h2-7,13,21H,1H3. The minimum atomic E-state index is -4.79. The van der Waals surface area contributed by atoms with Crippen molar-refractivity contribution in [2.24, 2.45) is 7.05 Å². The molecule has 0 amide bonds. The van der Waals surface area contributed by atoms with Gasteiger partial charge in [0.25, 0.3) is 0 Å². The van der Waals surface area contributed by atoms with Crippen LogP contribution in [0.25, 0.3) is 22.2 Å². The molecule has 0 spiro atoms. The molecule has 0 aliphatic rings. The molecular weight excluding hydrogens is 313 g/mol. The van der Waals surface area contributed by atoms with Crippen molar-refractivity contribution in [3.05, 3.63) is 52.8 Å². The van der Waals surface area contributed by atoms with E-state index in [0.29, 0.717) is 16.7 Å². The summed E-state index contributed by atoms with van der Waals surface area (Å²) in [6.45, 7) is 0. The van der Waals surface area contributed by atoms with E-state index in [4.69, 9.17) is 4.42 Å². The monoisotopic (exact) mass is 324 g/mol. The topological polar surface area (TPSA) is 68.3 Å². The number of pyridine rings is 1. The molecule has 2 heterocycles. The van der Waals surface area contributed by atoms with Gasteiger partial charge in [-0.3, -0.25) is 9.55 Å². The SMILES string of the molecule is Cn1c(=O)oc2ccc(-c3cnccc3C(O)C(F)(F)F)cc21. The molecule has 0 saturated heterocycles. The summed E-state index contributed by atoms with van der Waals surface area (Å²) in [5, 5.41) is 9.54. The van der Waals surface area contributed by atoms with E-state index in [9.17, 15) is 23.1 Å². The van der Waals surface area contributed by atoms with Crippen LogP contribution in [0, 0.1) is 0 Å². The molecular formula is C15H11F3N2O3. The quantitative estimate of drug-likeness (QED) is 0.787. The summed E-state index contributed by atoms with van der Waals surface area (Å²) in [6.07, 6.45) is -4.99. The first-order valence-corrected chi connectivity index (χ1v) is 6.57. The number of fused-ring (bicyclic) bond motifs is 1. The lowest BCUT2D eigenvalue weighted by Crippen LogP contribution is -2.21. The molecule has 3 rings (SSSR count). The number of aryl methyl sites for hydroxylation is 1. The van der Waals surface area contributed by atoms with Gasteiger partial charge in [0.1, 0.15) is 0 Å². The van der Waals surface area contributed by atoms with Gasteiger partial charge in [-0.2, -0.15) is 13.2 Å². The molecule has 1 N–H and O–H groups in total. The van der Waals surface area contributed by atoms with Crippen molar-refractivity contribution in [3.8, 4) is 11.1 Å². The van der Waals surface area contributed by atoms with Crippen molar-refractivity contribution in [2.75, 3.05) is 0 Å². The van der Waals surface area contributed by atoms with Crippen molar-refractivity contribution in [3.63, 3.8) is 0 Å². The molecule has 120 valence electrons. The number of oxazole rings is 1. The molecule has 1 aromatic carbocycles. The Labute approximate surface area is 127 Å². The highest BCUT2D eigenvalue weighted by atomic mass is 19.4. The number of hydrogen-bond donors (Lipinski definition) is 1. The number of nitrogens with zero attached hydrogens (tertiary/aromatic N) is 2. The molecule has 1 unspecified atom stereocenters. The van der Waals surface area contributed by atoms with Crippen LogP contribution in [0.1, 0.15) is 11.7 Å². The van der Waals surface area contributed by atoms with E-state index < -0.39 is 18.0 Å². The van der Waals surface area contributed by atoms with E-state index in [1.165, 1.54) is 42.2 Å². The Hall–Kier alpha value is -2.61. The second-order valence-corrected chi connectivity index (χ2v) is 5.02. The van der Waals surface area contributed by atoms with Crippen LogP contribution in [0.4, 0.5) is 13.2 Å². The van der Waals surface area contributed by atoms with Crippen molar-refractivity contribution in [1.29, 1.82) is 0 Å². The highest BCUT2D eigenvalue weighted by Gasteiger charge is 2.40. The largest absolute Gasteiger partial charge is 0.419 e. The second kappa shape index (κ2) is 5.24. The predicted octanol–water partition coefficient (Wildman–Crippen LogP) is 2.79. The normalized spacial score (nSPS) is 13.4. The van der Waals surface area contributed by atoms with Crippen LogP contribution in [0.5, 0.6) is 0 Å². The van der Waals surface area contributed by atoms with Gasteiger partial charge in [0.05, 0.1) is 5.52 Å². The van der Waals surface area contributed by atoms with Gasteiger partial charge in [0.15, 0.2) is 11.7 Å². The molecule has 3 aromatic rings. The van der Waals surface area contributed by atoms with Gasteiger partial charge in [-0.1, -0.05) is 6.07 Å². The van der Waals surface area contributed by atoms with Gasteiger partial charge in [0, 0.05) is 30.6 Å². The lowest BCUT2D eigenvalue weighted by Gasteiger charge is -2.18. The summed E-state index contributed by atoms with van der Waals surface area (Å²) in [6, 6.07) is 5.63. The second-order valence-electron chi connectivity index (χ2n) is 5.02. The third-order valence-electron chi connectivity index (χ3n) is 3.56. The van der Waals surface area contributed by atoms with Crippen LogP contribution >= 0.6 is 0 Å². The maximum atomic E-state index is 12.8. The molecule has 0 aliphatic carbocycles. The third kappa shape index (κ3) is 2.61. The van der Waals surface area contributed by atoms with E-state index in [2.05, 4.69) is 4.98 Å². The molecule has 0 radical (unpaired) electrons. The summed E-state index contributed by atoms with van der Waals surface area (Å²) >= 11 is 0. The van der Waals surface area contributed by atoms with Gasteiger partial charge in [-0.15, -0.1) is 0 Å². The van der Waals surface area contributed by atoms with Gasteiger partial charge < -0.3 is 9.52 Å². The van der Waals surface area contributed by atoms with Gasteiger partial charge in [-0.25, -0.2) is 4.79 Å². The Kier molecular flexibility index (Phi) is 3.48. The fourth-order valence-electron chi connectivity index (χ4n) is 2.36. The highest BCUT2D eigenvalue weighted by molar-refractivity contribution is 5.81. The van der Waals surface area contributed by atoms with Crippen molar-refractivity contribution in [2.45, 2.75) is 12.3 Å². The average molecular weight is 324 g/mol. The first-order chi connectivity index (χ1) is 10.8. The first-order valence-electron chi connectivity index (χ1n) is 6.57. The van der Waals surface area contributed by atoms with E-state index in [0.717, 1.165) is 6.07 Å². The molecule has 2 aromatic heterocycles. The molecule has 5 nitrogen and oxygen atoms in total. The first kappa shape index (κ1) is 15.3. The number of aliphatic hydroxyl groups is 1. The van der Waals surface area contributed by atoms with Crippen molar-refractivity contribution in [1.82, 2.24) is 9.55 Å². The minimum Gasteiger partial charge on any atom is -0.408 e. The molecule has 0 fully saturated rings. The number of rotatable bonds is 2. The zero-order chi connectivity index (χ0) is 16.8. The van der Waals surface area contributed by atoms with Gasteiger partial charge in [0.2, 0.25) is 0 Å². The van der Waals surface area contributed by atoms with E-state index in [1.54, 1.807) is 0 Å². The van der Waals surface area contributed by atoms with Gasteiger partial charge >= 0.3 is 11.9 Å². The zero-order valence-electron chi connectivity index (χ0n) is 11.8. The molecule has 23 heavy (non-hydrogen) atoms. The van der Waals surface area contributed by atoms with Crippen molar-refractivity contribution >= 4 is 11.1 Å². The Bertz CT molecular complexity index is 928. The number of aromatic nitrogens is 2. The van der Waals surface area contributed by atoms with Gasteiger partial charge in [-0.05, 0) is 23.8 Å². The highest BCUT2D eigenvalue weighted by Crippen LogP contribution is 2.37. The molecule has 0 aliphatic heterocycles. The van der Waals surface area contributed by atoms with Crippen LogP contribution in [-0.4, -0.2) is 20.8 Å². The molecule has 8 heteroatoms. The van der Waals surface area contributed by atoms with E-state index >= 15 is 0 Å². The Morgan fingerprint density at radius 2 is 2.04 bits per heavy atom. The predicted molar refractivity (Wildman–Crippen MR) is 75.7 cm³/mol. The number of halogens is 3. The fraction of sp³-hybridized carbons (Fsp3) is 0.200. The van der Waals surface area contributed by atoms with Crippen LogP contribution in [-0.2, 0) is 7.05 Å². The summed E-state index contributed by atoms with van der Waals surface area (Å²) in [5.74, 6) is -0.570. The molecule has 0 bridgehead atoms. The average Bonchev–Trinajstić information content (AvgIpc) is 2.80. The maximum Gasteiger partial charge on any atom is 0.419 e. The number of benzene rings is 1. The summed E-state index contributed by atoms with van der Waals surface area (Å²) in [7, 11) is 1.49. The van der Waals surface area contributed by atoms with Crippen LogP contribution in [0.3, 0.4) is 0 Å². The third-order valence-corrected chi connectivity index (χ3v) is 3.56. The lowest BCUT2D eigenvalue weighted by molar-refractivity contribution is -0.206. The minimum absolute atomic E-state index is 0.132.